The van der Waals surface area contributed by atoms with E-state index in [2.05, 4.69) is 19.2 Å². The molecule has 2 fully saturated rings. The van der Waals surface area contributed by atoms with Gasteiger partial charge in [0.25, 0.3) is 0 Å². The molecule has 2 atom stereocenters. The van der Waals surface area contributed by atoms with Crippen LogP contribution in [0.2, 0.25) is 0 Å². The van der Waals surface area contributed by atoms with Crippen molar-refractivity contribution in [2.24, 2.45) is 17.8 Å². The van der Waals surface area contributed by atoms with Gasteiger partial charge in [0.15, 0.2) is 0 Å². The fourth-order valence-electron chi connectivity index (χ4n) is 3.15. The highest BCUT2D eigenvalue weighted by molar-refractivity contribution is 4.83. The Kier molecular flexibility index (Phi) is 4.07. The van der Waals surface area contributed by atoms with E-state index in [9.17, 15) is 0 Å². The third kappa shape index (κ3) is 3.48. The molecule has 0 aromatic carbocycles. The summed E-state index contributed by atoms with van der Waals surface area (Å²) in [5.41, 5.74) is 0. The molecule has 1 nitrogen and oxygen atoms in total. The van der Waals surface area contributed by atoms with Crippen LogP contribution < -0.4 is 5.32 Å². The molecule has 88 valence electrons. The lowest BCUT2D eigenvalue weighted by Crippen LogP contribution is -2.43. The minimum atomic E-state index is 0.804. The van der Waals surface area contributed by atoms with Gasteiger partial charge in [-0.15, -0.1) is 0 Å². The van der Waals surface area contributed by atoms with Crippen molar-refractivity contribution in [3.8, 4) is 0 Å². The Balaban J connectivity index is 1.62. The molecule has 0 bridgehead atoms. The van der Waals surface area contributed by atoms with Crippen LogP contribution in [0.5, 0.6) is 0 Å². The number of nitrogens with one attached hydrogen (secondary N) is 1. The molecule has 0 aromatic heterocycles. The molecule has 1 N–H and O–H groups in total. The van der Waals surface area contributed by atoms with E-state index in [1.165, 1.54) is 51.5 Å². The molecule has 0 radical (unpaired) electrons. The van der Waals surface area contributed by atoms with E-state index in [-0.39, 0.29) is 0 Å². The van der Waals surface area contributed by atoms with Gasteiger partial charge in [-0.2, -0.15) is 0 Å². The molecule has 2 aliphatic carbocycles. The van der Waals surface area contributed by atoms with E-state index in [0.29, 0.717) is 0 Å². The zero-order chi connectivity index (χ0) is 10.7. The zero-order valence-electron chi connectivity index (χ0n) is 10.5. The van der Waals surface area contributed by atoms with Crippen molar-refractivity contribution in [1.82, 2.24) is 5.32 Å². The van der Waals surface area contributed by atoms with Gasteiger partial charge in [0.05, 0.1) is 0 Å². The molecule has 2 rings (SSSR count). The maximum Gasteiger partial charge on any atom is 0.0118 e. The average Bonchev–Trinajstić information content (AvgIpc) is 3.00. The number of hydrogen-bond acceptors (Lipinski definition) is 1. The zero-order valence-corrected chi connectivity index (χ0v) is 10.5. The minimum absolute atomic E-state index is 0.804. The Morgan fingerprint density at radius 2 is 1.67 bits per heavy atom. The van der Waals surface area contributed by atoms with E-state index < -0.39 is 0 Å². The molecular formula is C14H27N. The molecule has 0 heterocycles. The van der Waals surface area contributed by atoms with Gasteiger partial charge in [0.1, 0.15) is 0 Å². The van der Waals surface area contributed by atoms with Crippen LogP contribution in [0.25, 0.3) is 0 Å². The van der Waals surface area contributed by atoms with E-state index >= 15 is 0 Å². The molecule has 2 aliphatic rings. The van der Waals surface area contributed by atoms with Crippen molar-refractivity contribution in [2.45, 2.75) is 64.8 Å². The molecule has 2 unspecified atom stereocenters. The lowest BCUT2D eigenvalue weighted by Gasteiger charge is -2.35. The molecule has 0 aliphatic heterocycles. The lowest BCUT2D eigenvalue weighted by molar-refractivity contribution is 0.208. The first-order chi connectivity index (χ1) is 7.27. The van der Waals surface area contributed by atoms with Crippen LogP contribution in [0, 0.1) is 17.8 Å². The Hall–Kier alpha value is -0.0400. The monoisotopic (exact) mass is 209 g/mol. The minimum Gasteiger partial charge on any atom is -0.313 e. The fourth-order valence-corrected chi connectivity index (χ4v) is 3.15. The van der Waals surface area contributed by atoms with Crippen molar-refractivity contribution in [3.63, 3.8) is 0 Å². The second kappa shape index (κ2) is 5.34. The van der Waals surface area contributed by atoms with Gasteiger partial charge in [-0.3, -0.25) is 0 Å². The van der Waals surface area contributed by atoms with E-state index in [1.54, 1.807) is 0 Å². The summed E-state index contributed by atoms with van der Waals surface area (Å²) in [6.45, 7) is 6.11. The molecule has 0 aromatic rings. The third-order valence-electron chi connectivity index (χ3n) is 4.41. The molecular weight excluding hydrogens is 182 g/mol. The lowest BCUT2D eigenvalue weighted by atomic mass is 9.79. The third-order valence-corrected chi connectivity index (χ3v) is 4.41. The maximum atomic E-state index is 3.80. The highest BCUT2D eigenvalue weighted by Crippen LogP contribution is 2.33. The summed E-state index contributed by atoms with van der Waals surface area (Å²) in [5.74, 6) is 2.90. The van der Waals surface area contributed by atoms with Crippen LogP contribution in [0.3, 0.4) is 0 Å². The van der Waals surface area contributed by atoms with Gasteiger partial charge in [0.2, 0.25) is 0 Å². The van der Waals surface area contributed by atoms with E-state index in [4.69, 9.17) is 0 Å². The van der Waals surface area contributed by atoms with Crippen molar-refractivity contribution in [2.75, 3.05) is 6.54 Å². The first-order valence-electron chi connectivity index (χ1n) is 7.00. The molecule has 2 saturated carbocycles. The Morgan fingerprint density at radius 1 is 1.00 bits per heavy atom. The largest absolute Gasteiger partial charge is 0.313 e. The molecule has 0 spiro atoms. The van der Waals surface area contributed by atoms with Crippen molar-refractivity contribution < 1.29 is 0 Å². The standard InChI is InChI=1S/C14H27N/c1-11-5-3-6-12(2)14(11)15-10-4-7-13-8-9-13/h11-15H,3-10H2,1-2H3. The maximum absolute atomic E-state index is 3.80. The summed E-state index contributed by atoms with van der Waals surface area (Å²) in [6.07, 6.45) is 10.2. The van der Waals surface area contributed by atoms with Crippen LogP contribution in [0.15, 0.2) is 0 Å². The van der Waals surface area contributed by atoms with Crippen LogP contribution in [0.1, 0.15) is 58.8 Å². The van der Waals surface area contributed by atoms with Crippen LogP contribution in [0.4, 0.5) is 0 Å². The highest BCUT2D eigenvalue weighted by Gasteiger charge is 2.27. The van der Waals surface area contributed by atoms with E-state index in [1.807, 2.05) is 0 Å². The quantitative estimate of drug-likeness (QED) is 0.682. The summed E-state index contributed by atoms with van der Waals surface area (Å²) >= 11 is 0. The number of hydrogen-bond donors (Lipinski definition) is 1. The second-order valence-electron chi connectivity index (χ2n) is 5.95. The molecule has 0 amide bonds. The topological polar surface area (TPSA) is 12.0 Å². The number of rotatable bonds is 5. The van der Waals surface area contributed by atoms with Gasteiger partial charge in [-0.25, -0.2) is 0 Å². The predicted molar refractivity (Wildman–Crippen MR) is 65.9 cm³/mol. The first-order valence-corrected chi connectivity index (χ1v) is 7.00. The SMILES string of the molecule is CC1CCCC(C)C1NCCCC1CC1. The van der Waals surface area contributed by atoms with Crippen LogP contribution in [-0.4, -0.2) is 12.6 Å². The van der Waals surface area contributed by atoms with Gasteiger partial charge in [0, 0.05) is 6.04 Å². The smallest absolute Gasteiger partial charge is 0.0118 e. The normalized spacial score (nSPS) is 36.8. The predicted octanol–water partition coefficient (Wildman–Crippen LogP) is 3.59. The van der Waals surface area contributed by atoms with Crippen molar-refractivity contribution in [3.05, 3.63) is 0 Å². The summed E-state index contributed by atoms with van der Waals surface area (Å²) in [4.78, 5) is 0. The van der Waals surface area contributed by atoms with Gasteiger partial charge in [-0.05, 0) is 50.0 Å². The molecule has 1 heteroatoms. The summed E-state index contributed by atoms with van der Waals surface area (Å²) < 4.78 is 0. The summed E-state index contributed by atoms with van der Waals surface area (Å²) in [5, 5.41) is 3.80. The second-order valence-corrected chi connectivity index (χ2v) is 5.95. The fraction of sp³-hybridized carbons (Fsp3) is 1.00. The van der Waals surface area contributed by atoms with E-state index in [0.717, 1.165) is 23.8 Å². The van der Waals surface area contributed by atoms with Crippen molar-refractivity contribution >= 4 is 0 Å². The average molecular weight is 209 g/mol. The molecule has 15 heavy (non-hydrogen) atoms. The summed E-state index contributed by atoms with van der Waals surface area (Å²) in [7, 11) is 0. The summed E-state index contributed by atoms with van der Waals surface area (Å²) in [6, 6.07) is 0.804. The highest BCUT2D eigenvalue weighted by atomic mass is 14.9. The Bertz CT molecular complexity index is 176. The van der Waals surface area contributed by atoms with Gasteiger partial charge >= 0.3 is 0 Å². The van der Waals surface area contributed by atoms with Crippen molar-refractivity contribution in [1.29, 1.82) is 0 Å². The van der Waals surface area contributed by atoms with Crippen LogP contribution >= 0.6 is 0 Å². The van der Waals surface area contributed by atoms with Gasteiger partial charge < -0.3 is 5.32 Å². The first kappa shape index (κ1) is 11.4. The Morgan fingerprint density at radius 3 is 2.27 bits per heavy atom. The van der Waals surface area contributed by atoms with Gasteiger partial charge in [-0.1, -0.05) is 33.1 Å². The van der Waals surface area contributed by atoms with Crippen LogP contribution in [-0.2, 0) is 0 Å². The molecule has 0 saturated heterocycles. The Labute approximate surface area is 95.0 Å².